The van der Waals surface area contributed by atoms with Gasteiger partial charge in [-0.05, 0) is 43.9 Å². The number of halogens is 1. The van der Waals surface area contributed by atoms with Gasteiger partial charge in [0.1, 0.15) is 0 Å². The monoisotopic (exact) mass is 443 g/mol. The van der Waals surface area contributed by atoms with Gasteiger partial charge < -0.3 is 10.6 Å². The molecule has 2 fully saturated rings. The second kappa shape index (κ2) is 9.30. The molecule has 0 bridgehead atoms. The molecule has 0 aromatic rings. The predicted molar refractivity (Wildman–Crippen MR) is 103 cm³/mol. The third-order valence-electron chi connectivity index (χ3n) is 4.41. The standard InChI is InChI=1S/C15H29N3O2S.HI/c1-3-7-16-15(18-14-5-4-12(2)9-14)17-10-13-6-8-21(19,20)11-13;/h12-14H,3-11H2,1-2H3,(H2,16,17,18);1H. The van der Waals surface area contributed by atoms with Crippen molar-refractivity contribution in [1.82, 2.24) is 10.6 Å². The first-order chi connectivity index (χ1) is 9.98. The lowest BCUT2D eigenvalue weighted by molar-refractivity contribution is 0.557. The smallest absolute Gasteiger partial charge is 0.191 e. The van der Waals surface area contributed by atoms with Gasteiger partial charge in [-0.15, -0.1) is 24.0 Å². The zero-order valence-corrected chi connectivity index (χ0v) is 16.8. The van der Waals surface area contributed by atoms with Gasteiger partial charge in [0.05, 0.1) is 11.5 Å². The van der Waals surface area contributed by atoms with Gasteiger partial charge in [0.2, 0.25) is 0 Å². The van der Waals surface area contributed by atoms with Crippen molar-refractivity contribution in [3.05, 3.63) is 0 Å². The van der Waals surface area contributed by atoms with Gasteiger partial charge in [0, 0.05) is 19.1 Å². The highest BCUT2D eigenvalue weighted by atomic mass is 127. The van der Waals surface area contributed by atoms with Crippen LogP contribution in [0.3, 0.4) is 0 Å². The van der Waals surface area contributed by atoms with Gasteiger partial charge >= 0.3 is 0 Å². The molecule has 22 heavy (non-hydrogen) atoms. The Kier molecular flexibility index (Phi) is 8.45. The number of hydrogen-bond donors (Lipinski definition) is 2. The molecule has 0 amide bonds. The predicted octanol–water partition coefficient (Wildman–Crippen LogP) is 2.17. The molecular formula is C15H30IN3O2S. The quantitative estimate of drug-likeness (QED) is 0.388. The fourth-order valence-electron chi connectivity index (χ4n) is 3.16. The Bertz CT molecular complexity index is 467. The molecule has 2 rings (SSSR count). The Balaban J connectivity index is 0.00000242. The first kappa shape index (κ1) is 20.0. The van der Waals surface area contributed by atoms with Gasteiger partial charge in [-0.25, -0.2) is 8.42 Å². The van der Waals surface area contributed by atoms with E-state index in [0.717, 1.165) is 31.3 Å². The average molecular weight is 443 g/mol. The van der Waals surface area contributed by atoms with Crippen LogP contribution in [0.1, 0.15) is 46.0 Å². The molecule has 7 heteroatoms. The van der Waals surface area contributed by atoms with Crippen LogP contribution in [0, 0.1) is 11.8 Å². The van der Waals surface area contributed by atoms with E-state index >= 15 is 0 Å². The van der Waals surface area contributed by atoms with E-state index in [-0.39, 0.29) is 29.9 Å². The van der Waals surface area contributed by atoms with Crippen LogP contribution in [0.5, 0.6) is 0 Å². The molecule has 1 saturated heterocycles. The normalized spacial score (nSPS) is 30.8. The van der Waals surface area contributed by atoms with E-state index in [1.807, 2.05) is 0 Å². The topological polar surface area (TPSA) is 70.6 Å². The van der Waals surface area contributed by atoms with Crippen molar-refractivity contribution < 1.29 is 8.42 Å². The Hall–Kier alpha value is -0.0500. The van der Waals surface area contributed by atoms with E-state index in [2.05, 4.69) is 29.5 Å². The Morgan fingerprint density at radius 3 is 2.59 bits per heavy atom. The fourth-order valence-corrected chi connectivity index (χ4v) is 5.01. The van der Waals surface area contributed by atoms with Crippen molar-refractivity contribution in [2.24, 2.45) is 16.8 Å². The van der Waals surface area contributed by atoms with Gasteiger partial charge in [0.15, 0.2) is 15.8 Å². The summed E-state index contributed by atoms with van der Waals surface area (Å²) in [5.74, 6) is 2.48. The van der Waals surface area contributed by atoms with Crippen LogP contribution in [-0.2, 0) is 9.84 Å². The van der Waals surface area contributed by atoms with Crippen molar-refractivity contribution in [3.63, 3.8) is 0 Å². The van der Waals surface area contributed by atoms with Crippen LogP contribution in [0.2, 0.25) is 0 Å². The largest absolute Gasteiger partial charge is 0.356 e. The van der Waals surface area contributed by atoms with Crippen LogP contribution >= 0.6 is 24.0 Å². The van der Waals surface area contributed by atoms with Gasteiger partial charge in [-0.3, -0.25) is 4.99 Å². The molecule has 0 spiro atoms. The Morgan fingerprint density at radius 2 is 2.05 bits per heavy atom. The van der Waals surface area contributed by atoms with Crippen molar-refractivity contribution in [3.8, 4) is 0 Å². The van der Waals surface area contributed by atoms with Crippen molar-refractivity contribution in [2.75, 3.05) is 24.6 Å². The maximum atomic E-state index is 11.5. The molecule has 2 N–H and O–H groups in total. The van der Waals surface area contributed by atoms with E-state index in [9.17, 15) is 8.42 Å². The van der Waals surface area contributed by atoms with E-state index in [1.165, 1.54) is 19.3 Å². The van der Waals surface area contributed by atoms with Crippen LogP contribution in [0.25, 0.3) is 0 Å². The number of aliphatic imine (C=N–C) groups is 1. The molecule has 3 atom stereocenters. The zero-order chi connectivity index (χ0) is 15.3. The Labute approximate surface area is 152 Å². The summed E-state index contributed by atoms with van der Waals surface area (Å²) < 4.78 is 23.0. The minimum Gasteiger partial charge on any atom is -0.356 e. The highest BCUT2D eigenvalue weighted by Crippen LogP contribution is 2.24. The van der Waals surface area contributed by atoms with Gasteiger partial charge in [0.25, 0.3) is 0 Å². The third kappa shape index (κ3) is 6.60. The molecule has 0 radical (unpaired) electrons. The van der Waals surface area contributed by atoms with Crippen LogP contribution in [-0.4, -0.2) is 45.0 Å². The molecule has 1 aliphatic carbocycles. The fraction of sp³-hybridized carbons (Fsp3) is 0.933. The lowest BCUT2D eigenvalue weighted by atomic mass is 10.1. The maximum absolute atomic E-state index is 11.5. The second-order valence-corrected chi connectivity index (χ2v) is 8.87. The highest BCUT2D eigenvalue weighted by Gasteiger charge is 2.28. The molecule has 1 aliphatic heterocycles. The number of hydrogen-bond acceptors (Lipinski definition) is 3. The Morgan fingerprint density at radius 1 is 1.27 bits per heavy atom. The second-order valence-electron chi connectivity index (χ2n) is 6.64. The first-order valence-corrected chi connectivity index (χ1v) is 10.1. The van der Waals surface area contributed by atoms with Crippen LogP contribution < -0.4 is 10.6 Å². The van der Waals surface area contributed by atoms with Crippen molar-refractivity contribution in [1.29, 1.82) is 0 Å². The van der Waals surface area contributed by atoms with E-state index in [1.54, 1.807) is 0 Å². The van der Waals surface area contributed by atoms with E-state index < -0.39 is 9.84 Å². The average Bonchev–Trinajstić information content (AvgIpc) is 2.98. The summed E-state index contributed by atoms with van der Waals surface area (Å²) in [6, 6.07) is 0.510. The molecule has 0 aromatic carbocycles. The van der Waals surface area contributed by atoms with Crippen LogP contribution in [0.4, 0.5) is 0 Å². The van der Waals surface area contributed by atoms with Gasteiger partial charge in [-0.2, -0.15) is 0 Å². The summed E-state index contributed by atoms with van der Waals surface area (Å²) in [4.78, 5) is 4.63. The molecule has 1 heterocycles. The summed E-state index contributed by atoms with van der Waals surface area (Å²) >= 11 is 0. The van der Waals surface area contributed by atoms with E-state index in [0.29, 0.717) is 24.1 Å². The maximum Gasteiger partial charge on any atom is 0.191 e. The zero-order valence-electron chi connectivity index (χ0n) is 13.7. The molecule has 0 aromatic heterocycles. The number of nitrogens with one attached hydrogen (secondary N) is 2. The lowest BCUT2D eigenvalue weighted by Crippen LogP contribution is -2.43. The van der Waals surface area contributed by atoms with Gasteiger partial charge in [-0.1, -0.05) is 13.8 Å². The summed E-state index contributed by atoms with van der Waals surface area (Å²) in [6.07, 6.45) is 5.49. The molecule has 3 unspecified atom stereocenters. The van der Waals surface area contributed by atoms with Crippen molar-refractivity contribution in [2.45, 2.75) is 52.0 Å². The number of nitrogens with zero attached hydrogens (tertiary/aromatic N) is 1. The first-order valence-electron chi connectivity index (χ1n) is 8.23. The summed E-state index contributed by atoms with van der Waals surface area (Å²) in [5.41, 5.74) is 0. The minimum absolute atomic E-state index is 0. The SMILES string of the molecule is CCCNC(=NCC1CCS(=O)(=O)C1)NC1CCC(C)C1.I. The van der Waals surface area contributed by atoms with Crippen LogP contribution in [0.15, 0.2) is 4.99 Å². The molecule has 130 valence electrons. The summed E-state index contributed by atoms with van der Waals surface area (Å²) in [6.45, 7) is 5.94. The summed E-state index contributed by atoms with van der Waals surface area (Å²) in [7, 11) is -2.80. The lowest BCUT2D eigenvalue weighted by Gasteiger charge is -2.18. The molecule has 5 nitrogen and oxygen atoms in total. The molecular weight excluding hydrogens is 413 g/mol. The third-order valence-corrected chi connectivity index (χ3v) is 6.25. The van der Waals surface area contributed by atoms with Crippen molar-refractivity contribution >= 4 is 39.8 Å². The minimum atomic E-state index is -2.80. The highest BCUT2D eigenvalue weighted by molar-refractivity contribution is 14.0. The number of guanidine groups is 1. The number of rotatable bonds is 5. The molecule has 2 aliphatic rings. The molecule has 1 saturated carbocycles. The summed E-state index contributed by atoms with van der Waals surface area (Å²) in [5, 5.41) is 6.86. The number of sulfone groups is 1. The van der Waals surface area contributed by atoms with E-state index in [4.69, 9.17) is 0 Å².